The molecule has 21 heavy (non-hydrogen) atoms. The summed E-state index contributed by atoms with van der Waals surface area (Å²) in [7, 11) is 1.60. The molecule has 1 aromatic carbocycles. The lowest BCUT2D eigenvalue weighted by Crippen LogP contribution is -2.01. The summed E-state index contributed by atoms with van der Waals surface area (Å²) in [5, 5.41) is 4.63. The zero-order valence-electron chi connectivity index (χ0n) is 11.9. The molecule has 0 atom stereocenters. The van der Waals surface area contributed by atoms with E-state index in [1.807, 2.05) is 49.4 Å². The molecule has 0 saturated heterocycles. The van der Waals surface area contributed by atoms with Crippen LogP contribution in [0.5, 0.6) is 5.88 Å². The van der Waals surface area contributed by atoms with Crippen molar-refractivity contribution in [3.05, 3.63) is 54.2 Å². The highest BCUT2D eigenvalue weighted by molar-refractivity contribution is 5.72. The van der Waals surface area contributed by atoms with Crippen molar-refractivity contribution in [2.24, 2.45) is 0 Å². The van der Waals surface area contributed by atoms with Gasteiger partial charge in [0.1, 0.15) is 11.5 Å². The molecule has 2 aromatic heterocycles. The first-order chi connectivity index (χ1) is 10.2. The summed E-state index contributed by atoms with van der Waals surface area (Å²) in [6, 6.07) is 13.6. The fraction of sp³-hybridized carbons (Fsp3) is 0.125. The van der Waals surface area contributed by atoms with Crippen LogP contribution >= 0.6 is 0 Å². The van der Waals surface area contributed by atoms with E-state index < -0.39 is 0 Å². The van der Waals surface area contributed by atoms with Crippen molar-refractivity contribution < 1.29 is 4.74 Å². The second-order valence-corrected chi connectivity index (χ2v) is 4.67. The van der Waals surface area contributed by atoms with Gasteiger partial charge < -0.3 is 10.5 Å². The van der Waals surface area contributed by atoms with Crippen molar-refractivity contribution in [3.8, 4) is 22.8 Å². The smallest absolute Gasteiger partial charge is 0.222 e. The monoisotopic (exact) mass is 280 g/mol. The maximum Gasteiger partial charge on any atom is 0.222 e. The Kier molecular flexibility index (Phi) is 3.31. The molecule has 0 saturated carbocycles. The Balaban J connectivity index is 2.18. The molecule has 0 spiro atoms. The Morgan fingerprint density at radius 1 is 1.10 bits per heavy atom. The van der Waals surface area contributed by atoms with Gasteiger partial charge in [-0.3, -0.25) is 0 Å². The standard InChI is InChI=1S/C16H16N4O/c1-11-14(13-9-6-10-18-16(13)21-2)19-20(15(11)17)12-7-4-3-5-8-12/h3-10H,17H2,1-2H3. The first kappa shape index (κ1) is 13.2. The maximum absolute atomic E-state index is 6.20. The number of anilines is 1. The molecule has 0 radical (unpaired) electrons. The molecule has 0 aliphatic rings. The van der Waals surface area contributed by atoms with Crippen molar-refractivity contribution in [1.29, 1.82) is 0 Å². The number of aromatic nitrogens is 3. The number of pyridine rings is 1. The predicted molar refractivity (Wildman–Crippen MR) is 82.5 cm³/mol. The van der Waals surface area contributed by atoms with Gasteiger partial charge in [0.2, 0.25) is 5.88 Å². The summed E-state index contributed by atoms with van der Waals surface area (Å²) in [6.07, 6.45) is 1.69. The van der Waals surface area contributed by atoms with Gasteiger partial charge in [-0.1, -0.05) is 18.2 Å². The summed E-state index contributed by atoms with van der Waals surface area (Å²) >= 11 is 0. The molecule has 0 fully saturated rings. The van der Waals surface area contributed by atoms with E-state index in [2.05, 4.69) is 10.1 Å². The molecule has 0 aliphatic carbocycles. The van der Waals surface area contributed by atoms with Gasteiger partial charge in [-0.25, -0.2) is 9.67 Å². The van der Waals surface area contributed by atoms with Crippen molar-refractivity contribution in [3.63, 3.8) is 0 Å². The molecule has 2 N–H and O–H groups in total. The molecule has 3 rings (SSSR count). The molecule has 2 heterocycles. The minimum Gasteiger partial charge on any atom is -0.481 e. The van der Waals surface area contributed by atoms with Gasteiger partial charge in [0, 0.05) is 11.8 Å². The number of nitrogens with zero attached hydrogens (tertiary/aromatic N) is 3. The lowest BCUT2D eigenvalue weighted by atomic mass is 10.1. The molecule has 0 aliphatic heterocycles. The summed E-state index contributed by atoms with van der Waals surface area (Å²) < 4.78 is 7.04. The molecule has 5 nitrogen and oxygen atoms in total. The minimum atomic E-state index is 0.540. The van der Waals surface area contributed by atoms with Crippen LogP contribution in [-0.2, 0) is 0 Å². The van der Waals surface area contributed by atoms with Crippen LogP contribution < -0.4 is 10.5 Å². The van der Waals surface area contributed by atoms with Crippen LogP contribution in [0.2, 0.25) is 0 Å². The first-order valence-electron chi connectivity index (χ1n) is 6.62. The number of nitrogens with two attached hydrogens (primary N) is 1. The van der Waals surface area contributed by atoms with Gasteiger partial charge in [-0.2, -0.15) is 5.10 Å². The predicted octanol–water partition coefficient (Wildman–Crippen LogP) is 2.83. The molecule has 0 amide bonds. The lowest BCUT2D eigenvalue weighted by Gasteiger charge is -2.04. The number of rotatable bonds is 3. The third kappa shape index (κ3) is 2.23. The van der Waals surface area contributed by atoms with Gasteiger partial charge in [0.15, 0.2) is 0 Å². The Morgan fingerprint density at radius 3 is 2.57 bits per heavy atom. The van der Waals surface area contributed by atoms with E-state index in [0.29, 0.717) is 11.7 Å². The molecular formula is C16H16N4O. The average molecular weight is 280 g/mol. The topological polar surface area (TPSA) is 66.0 Å². The van der Waals surface area contributed by atoms with Crippen LogP contribution in [-0.4, -0.2) is 21.9 Å². The van der Waals surface area contributed by atoms with Crippen molar-refractivity contribution in [2.75, 3.05) is 12.8 Å². The maximum atomic E-state index is 6.20. The lowest BCUT2D eigenvalue weighted by molar-refractivity contribution is 0.399. The number of methoxy groups -OCH3 is 1. The molecule has 106 valence electrons. The molecule has 0 unspecified atom stereocenters. The number of nitrogen functional groups attached to an aromatic ring is 1. The van der Waals surface area contributed by atoms with E-state index in [4.69, 9.17) is 10.5 Å². The van der Waals surface area contributed by atoms with Gasteiger partial charge in [-0.05, 0) is 31.2 Å². The summed E-state index contributed by atoms with van der Waals surface area (Å²) in [5.74, 6) is 1.15. The summed E-state index contributed by atoms with van der Waals surface area (Å²) in [4.78, 5) is 4.21. The Bertz CT molecular complexity index is 765. The van der Waals surface area contributed by atoms with E-state index >= 15 is 0 Å². The van der Waals surface area contributed by atoms with Crippen molar-refractivity contribution in [1.82, 2.24) is 14.8 Å². The Hall–Kier alpha value is -2.82. The average Bonchev–Trinajstić information content (AvgIpc) is 2.84. The largest absolute Gasteiger partial charge is 0.481 e. The fourth-order valence-electron chi connectivity index (χ4n) is 2.26. The summed E-state index contributed by atoms with van der Waals surface area (Å²) in [6.45, 7) is 1.95. The Morgan fingerprint density at radius 2 is 1.86 bits per heavy atom. The van der Waals surface area contributed by atoms with Gasteiger partial charge in [0.25, 0.3) is 0 Å². The second-order valence-electron chi connectivity index (χ2n) is 4.67. The highest BCUT2D eigenvalue weighted by atomic mass is 16.5. The summed E-state index contributed by atoms with van der Waals surface area (Å²) in [5.41, 5.74) is 9.65. The van der Waals surface area contributed by atoms with E-state index in [-0.39, 0.29) is 0 Å². The number of ether oxygens (including phenoxy) is 1. The van der Waals surface area contributed by atoms with Crippen LogP contribution in [0.1, 0.15) is 5.56 Å². The SMILES string of the molecule is COc1ncccc1-c1nn(-c2ccccc2)c(N)c1C. The molecular weight excluding hydrogens is 264 g/mol. The van der Waals surface area contributed by atoms with E-state index in [9.17, 15) is 0 Å². The van der Waals surface area contributed by atoms with E-state index in [0.717, 1.165) is 22.5 Å². The van der Waals surface area contributed by atoms with E-state index in [1.54, 1.807) is 18.0 Å². The normalized spacial score (nSPS) is 10.6. The quantitative estimate of drug-likeness (QED) is 0.801. The highest BCUT2D eigenvalue weighted by Gasteiger charge is 2.17. The molecule has 0 bridgehead atoms. The highest BCUT2D eigenvalue weighted by Crippen LogP contribution is 2.32. The van der Waals surface area contributed by atoms with Crippen LogP contribution in [0.25, 0.3) is 16.9 Å². The van der Waals surface area contributed by atoms with Crippen LogP contribution in [0, 0.1) is 6.92 Å². The number of para-hydroxylation sites is 1. The zero-order chi connectivity index (χ0) is 14.8. The van der Waals surface area contributed by atoms with E-state index in [1.165, 1.54) is 0 Å². The third-order valence-corrected chi connectivity index (χ3v) is 3.39. The van der Waals surface area contributed by atoms with Gasteiger partial charge in [-0.15, -0.1) is 0 Å². The van der Waals surface area contributed by atoms with Gasteiger partial charge >= 0.3 is 0 Å². The van der Waals surface area contributed by atoms with Crippen LogP contribution in [0.3, 0.4) is 0 Å². The number of hydrogen-bond acceptors (Lipinski definition) is 4. The zero-order valence-corrected chi connectivity index (χ0v) is 11.9. The Labute approximate surface area is 123 Å². The number of hydrogen-bond donors (Lipinski definition) is 1. The first-order valence-corrected chi connectivity index (χ1v) is 6.62. The minimum absolute atomic E-state index is 0.540. The fourth-order valence-corrected chi connectivity index (χ4v) is 2.26. The molecule has 5 heteroatoms. The van der Waals surface area contributed by atoms with Gasteiger partial charge in [0.05, 0.1) is 18.4 Å². The van der Waals surface area contributed by atoms with Crippen LogP contribution in [0.4, 0.5) is 5.82 Å². The van der Waals surface area contributed by atoms with Crippen LogP contribution in [0.15, 0.2) is 48.7 Å². The number of benzene rings is 1. The second kappa shape index (κ2) is 5.28. The van der Waals surface area contributed by atoms with Crippen molar-refractivity contribution >= 4 is 5.82 Å². The third-order valence-electron chi connectivity index (χ3n) is 3.39. The molecule has 3 aromatic rings. The van der Waals surface area contributed by atoms with Crippen molar-refractivity contribution in [2.45, 2.75) is 6.92 Å².